The molecule has 9 nitrogen and oxygen atoms in total. The van der Waals surface area contributed by atoms with E-state index in [4.69, 9.17) is 9.47 Å². The molecule has 2 aromatic heterocycles. The molecule has 0 saturated heterocycles. The molecule has 1 fully saturated rings. The zero-order valence-electron chi connectivity index (χ0n) is 19.2. The highest BCUT2D eigenvalue weighted by Crippen LogP contribution is 2.43. The molecule has 1 aliphatic carbocycles. The predicted octanol–water partition coefficient (Wildman–Crippen LogP) is 4.14. The molecular weight excluding hydrogens is 456 g/mol. The molecule has 0 spiro atoms. The lowest BCUT2D eigenvalue weighted by Gasteiger charge is -2.32. The molecule has 34 heavy (non-hydrogen) atoms. The monoisotopic (exact) mass is 484 g/mol. The Morgan fingerprint density at radius 1 is 1.24 bits per heavy atom. The number of nitrogens with zero attached hydrogens (tertiary/aromatic N) is 3. The predicted molar refractivity (Wildman–Crippen MR) is 128 cm³/mol. The van der Waals surface area contributed by atoms with Crippen molar-refractivity contribution in [2.45, 2.75) is 38.2 Å². The number of aliphatic carboxylic acids is 1. The van der Waals surface area contributed by atoms with Gasteiger partial charge in [-0.15, -0.1) is 11.3 Å². The highest BCUT2D eigenvalue weighted by Gasteiger charge is 2.39. The highest BCUT2D eigenvalue weighted by molar-refractivity contribution is 7.15. The van der Waals surface area contributed by atoms with Crippen molar-refractivity contribution in [1.29, 1.82) is 0 Å². The smallest absolute Gasteiger partial charge is 0.306 e. The van der Waals surface area contributed by atoms with Gasteiger partial charge in [-0.1, -0.05) is 6.07 Å². The normalized spacial score (nSPS) is 20.1. The number of carboxylic acid groups (broad SMARTS) is 1. The van der Waals surface area contributed by atoms with Gasteiger partial charge in [-0.2, -0.15) is 4.98 Å². The number of carbonyl (C=O) groups is 1. The van der Waals surface area contributed by atoms with Crippen LogP contribution in [0.3, 0.4) is 0 Å². The van der Waals surface area contributed by atoms with E-state index in [0.29, 0.717) is 55.7 Å². The molecule has 2 heterocycles. The van der Waals surface area contributed by atoms with E-state index in [1.54, 1.807) is 25.6 Å². The van der Waals surface area contributed by atoms with Gasteiger partial charge >= 0.3 is 5.97 Å². The fourth-order valence-corrected chi connectivity index (χ4v) is 5.07. The van der Waals surface area contributed by atoms with Crippen LogP contribution in [0, 0.1) is 12.8 Å². The van der Waals surface area contributed by atoms with Crippen molar-refractivity contribution in [3.05, 3.63) is 47.2 Å². The van der Waals surface area contributed by atoms with Crippen LogP contribution in [0.4, 0.5) is 11.6 Å². The van der Waals surface area contributed by atoms with Crippen LogP contribution < -0.4 is 10.1 Å². The van der Waals surface area contributed by atoms with Crippen LogP contribution in [0.5, 0.6) is 5.88 Å². The van der Waals surface area contributed by atoms with Gasteiger partial charge in [0.1, 0.15) is 17.2 Å². The van der Waals surface area contributed by atoms with Gasteiger partial charge in [0.2, 0.25) is 11.8 Å². The quantitative estimate of drug-likeness (QED) is 0.384. The standard InChI is InChI=1S/C24H28N4O5S/c1-15-11-17(13-18(12-15)27-23-25-8-5-20(28-23)33-10-9-32-2)19-14-26-22(34-19)24(31)6-3-16(4-7-24)21(29)30/h5,8,11-14,16,31H,3-4,6-7,9-10H2,1-2H3,(H,29,30)(H,25,27,28)/t16-,24+. The minimum Gasteiger partial charge on any atom is -0.481 e. The summed E-state index contributed by atoms with van der Waals surface area (Å²) in [6, 6.07) is 7.72. The number of ether oxygens (including phenoxy) is 2. The second-order valence-electron chi connectivity index (χ2n) is 8.45. The molecular formula is C24H28N4O5S. The second-order valence-corrected chi connectivity index (χ2v) is 9.48. The van der Waals surface area contributed by atoms with E-state index in [-0.39, 0.29) is 0 Å². The third-order valence-corrected chi connectivity index (χ3v) is 7.09. The molecule has 0 aliphatic heterocycles. The number of aromatic nitrogens is 3. The Bertz CT molecular complexity index is 1140. The Morgan fingerprint density at radius 2 is 2.03 bits per heavy atom. The molecule has 10 heteroatoms. The molecule has 0 unspecified atom stereocenters. The van der Waals surface area contributed by atoms with Crippen molar-refractivity contribution in [2.24, 2.45) is 5.92 Å². The van der Waals surface area contributed by atoms with Crippen LogP contribution in [-0.2, 0) is 15.1 Å². The van der Waals surface area contributed by atoms with Crippen LogP contribution in [0.1, 0.15) is 36.3 Å². The van der Waals surface area contributed by atoms with Gasteiger partial charge in [-0.05, 0) is 55.9 Å². The van der Waals surface area contributed by atoms with E-state index in [0.717, 1.165) is 21.7 Å². The van der Waals surface area contributed by atoms with Gasteiger partial charge in [0.05, 0.1) is 17.4 Å². The van der Waals surface area contributed by atoms with Crippen molar-refractivity contribution >= 4 is 28.9 Å². The Balaban J connectivity index is 1.50. The fourth-order valence-electron chi connectivity index (χ4n) is 4.02. The Morgan fingerprint density at radius 3 is 2.76 bits per heavy atom. The summed E-state index contributed by atoms with van der Waals surface area (Å²) in [5.41, 5.74) is 1.75. The number of hydrogen-bond acceptors (Lipinski definition) is 9. The van der Waals surface area contributed by atoms with Crippen LogP contribution in [-0.4, -0.2) is 51.5 Å². The number of benzene rings is 1. The van der Waals surface area contributed by atoms with E-state index >= 15 is 0 Å². The van der Waals surface area contributed by atoms with Gasteiger partial charge in [-0.25, -0.2) is 9.97 Å². The average molecular weight is 485 g/mol. The van der Waals surface area contributed by atoms with E-state index in [2.05, 4.69) is 26.3 Å². The number of thiazole rings is 1. The van der Waals surface area contributed by atoms with Crippen LogP contribution >= 0.6 is 11.3 Å². The summed E-state index contributed by atoms with van der Waals surface area (Å²) in [6.07, 6.45) is 5.10. The largest absolute Gasteiger partial charge is 0.481 e. The Kier molecular flexibility index (Phi) is 7.40. The Labute approximate surface area is 201 Å². The van der Waals surface area contributed by atoms with Gasteiger partial charge in [0.15, 0.2) is 0 Å². The first-order chi connectivity index (χ1) is 16.4. The van der Waals surface area contributed by atoms with Crippen LogP contribution in [0.15, 0.2) is 36.7 Å². The third kappa shape index (κ3) is 5.69. The van der Waals surface area contributed by atoms with Gasteiger partial charge in [0, 0.05) is 31.3 Å². The maximum atomic E-state index is 11.2. The number of anilines is 2. The number of nitrogens with one attached hydrogen (secondary N) is 1. The molecule has 0 radical (unpaired) electrons. The van der Waals surface area contributed by atoms with Crippen molar-refractivity contribution in [3.63, 3.8) is 0 Å². The summed E-state index contributed by atoms with van der Waals surface area (Å²) < 4.78 is 10.5. The summed E-state index contributed by atoms with van der Waals surface area (Å²) in [6.45, 7) is 2.88. The average Bonchev–Trinajstić information content (AvgIpc) is 3.31. The first-order valence-electron chi connectivity index (χ1n) is 11.1. The minimum atomic E-state index is -1.07. The zero-order valence-corrected chi connectivity index (χ0v) is 20.0. The zero-order chi connectivity index (χ0) is 24.1. The summed E-state index contributed by atoms with van der Waals surface area (Å²) in [7, 11) is 1.61. The SMILES string of the molecule is COCCOc1ccnc(Nc2cc(C)cc(-c3cnc([C@]4(O)CC[C@@H](C(=O)O)CC4)s3)c2)n1. The number of methoxy groups -OCH3 is 1. The summed E-state index contributed by atoms with van der Waals surface area (Å²) >= 11 is 1.44. The van der Waals surface area contributed by atoms with E-state index in [9.17, 15) is 15.0 Å². The van der Waals surface area contributed by atoms with Gasteiger partial charge in [0.25, 0.3) is 0 Å². The third-order valence-electron chi connectivity index (χ3n) is 5.85. The molecule has 4 rings (SSSR count). The van der Waals surface area contributed by atoms with Gasteiger partial charge in [-0.3, -0.25) is 4.79 Å². The lowest BCUT2D eigenvalue weighted by molar-refractivity contribution is -0.145. The first-order valence-corrected chi connectivity index (χ1v) is 11.9. The summed E-state index contributed by atoms with van der Waals surface area (Å²) in [4.78, 5) is 25.3. The number of aliphatic hydroxyl groups is 1. The Hall–Kier alpha value is -3.08. The molecule has 3 aromatic rings. The molecule has 1 aliphatic rings. The highest BCUT2D eigenvalue weighted by atomic mass is 32.1. The summed E-state index contributed by atoms with van der Waals surface area (Å²) in [5, 5.41) is 24.2. The fraction of sp³-hybridized carbons (Fsp3) is 0.417. The van der Waals surface area contributed by atoms with Crippen LogP contribution in [0.25, 0.3) is 10.4 Å². The molecule has 0 bridgehead atoms. The first kappa shape index (κ1) is 24.1. The number of carboxylic acids is 1. The van der Waals surface area contributed by atoms with Gasteiger partial charge < -0.3 is 25.0 Å². The second kappa shape index (κ2) is 10.5. The van der Waals surface area contributed by atoms with Crippen molar-refractivity contribution in [3.8, 4) is 16.3 Å². The molecule has 180 valence electrons. The number of hydrogen-bond donors (Lipinski definition) is 3. The van der Waals surface area contributed by atoms with E-state index in [1.807, 2.05) is 19.1 Å². The lowest BCUT2D eigenvalue weighted by atomic mass is 9.79. The maximum Gasteiger partial charge on any atom is 0.306 e. The molecule has 0 amide bonds. The number of rotatable bonds is 9. The molecule has 1 saturated carbocycles. The van der Waals surface area contributed by atoms with E-state index in [1.165, 1.54) is 11.3 Å². The maximum absolute atomic E-state index is 11.2. The van der Waals surface area contributed by atoms with Crippen molar-refractivity contribution in [1.82, 2.24) is 15.0 Å². The summed E-state index contributed by atoms with van der Waals surface area (Å²) in [5.74, 6) is -0.310. The van der Waals surface area contributed by atoms with Crippen LogP contribution in [0.2, 0.25) is 0 Å². The topological polar surface area (TPSA) is 127 Å². The molecule has 0 atom stereocenters. The number of aryl methyl sites for hydroxylation is 1. The van der Waals surface area contributed by atoms with Crippen molar-refractivity contribution in [2.75, 3.05) is 25.6 Å². The minimum absolute atomic E-state index is 0.392. The lowest BCUT2D eigenvalue weighted by Crippen LogP contribution is -2.33. The van der Waals surface area contributed by atoms with Crippen molar-refractivity contribution < 1.29 is 24.5 Å². The van der Waals surface area contributed by atoms with E-state index < -0.39 is 17.5 Å². The molecule has 1 aromatic carbocycles. The molecule has 3 N–H and O–H groups in total.